The highest BCUT2D eigenvalue weighted by Gasteiger charge is 2.10. The van der Waals surface area contributed by atoms with Crippen molar-refractivity contribution < 1.29 is 0 Å². The van der Waals surface area contributed by atoms with Crippen molar-refractivity contribution in [1.82, 2.24) is 5.32 Å². The molecule has 1 rings (SSSR count). The summed E-state index contributed by atoms with van der Waals surface area (Å²) in [6.45, 7) is 5.79. The van der Waals surface area contributed by atoms with Crippen LogP contribution in [0.1, 0.15) is 46.0 Å². The molecule has 0 spiro atoms. The van der Waals surface area contributed by atoms with Crippen LogP contribution in [-0.4, -0.2) is 12.6 Å². The lowest BCUT2D eigenvalue weighted by atomic mass is 9.99. The van der Waals surface area contributed by atoms with Gasteiger partial charge < -0.3 is 5.32 Å². The van der Waals surface area contributed by atoms with Gasteiger partial charge in [-0.1, -0.05) is 38.8 Å². The average Bonchev–Trinajstić information content (AvgIpc) is 2.21. The molecular formula is C12H23N. The molecule has 0 fully saturated rings. The first-order valence-corrected chi connectivity index (χ1v) is 5.75. The van der Waals surface area contributed by atoms with Gasteiger partial charge in [-0.25, -0.2) is 0 Å². The Balaban J connectivity index is 2.13. The summed E-state index contributed by atoms with van der Waals surface area (Å²) < 4.78 is 0. The molecule has 0 heterocycles. The van der Waals surface area contributed by atoms with Crippen LogP contribution in [-0.2, 0) is 0 Å². The second kappa shape index (κ2) is 6.20. The molecule has 0 aromatic rings. The van der Waals surface area contributed by atoms with Crippen LogP contribution in [0.2, 0.25) is 0 Å². The third kappa shape index (κ3) is 3.95. The molecule has 1 unspecified atom stereocenters. The van der Waals surface area contributed by atoms with Gasteiger partial charge in [-0.3, -0.25) is 0 Å². The van der Waals surface area contributed by atoms with E-state index in [2.05, 4.69) is 31.3 Å². The molecule has 0 aliphatic heterocycles. The number of rotatable bonds is 5. The summed E-state index contributed by atoms with van der Waals surface area (Å²) in [7, 11) is 0. The second-order valence-corrected chi connectivity index (χ2v) is 4.07. The van der Waals surface area contributed by atoms with Crippen LogP contribution in [0.15, 0.2) is 12.2 Å². The van der Waals surface area contributed by atoms with E-state index in [4.69, 9.17) is 0 Å². The predicted molar refractivity (Wildman–Crippen MR) is 58.9 cm³/mol. The molecule has 1 N–H and O–H groups in total. The van der Waals surface area contributed by atoms with Crippen molar-refractivity contribution in [3.63, 3.8) is 0 Å². The van der Waals surface area contributed by atoms with Gasteiger partial charge in [0.2, 0.25) is 0 Å². The fraction of sp³-hybridized carbons (Fsp3) is 0.833. The van der Waals surface area contributed by atoms with Crippen molar-refractivity contribution in [2.45, 2.75) is 52.0 Å². The normalized spacial score (nSPS) is 22.5. The smallest absolute Gasteiger partial charge is 0.0105 e. The van der Waals surface area contributed by atoms with Crippen molar-refractivity contribution in [3.05, 3.63) is 12.2 Å². The zero-order chi connectivity index (χ0) is 9.52. The van der Waals surface area contributed by atoms with E-state index < -0.39 is 0 Å². The van der Waals surface area contributed by atoms with E-state index in [1.165, 1.54) is 38.6 Å². The average molecular weight is 181 g/mol. The van der Waals surface area contributed by atoms with E-state index in [-0.39, 0.29) is 0 Å². The SMILES string of the molecule is CCC(CC)CNC1CC=CCC1. The first-order chi connectivity index (χ1) is 6.36. The van der Waals surface area contributed by atoms with E-state index in [1.807, 2.05) is 0 Å². The lowest BCUT2D eigenvalue weighted by molar-refractivity contribution is 0.392. The molecule has 76 valence electrons. The summed E-state index contributed by atoms with van der Waals surface area (Å²) in [5.41, 5.74) is 0. The molecule has 0 saturated heterocycles. The summed E-state index contributed by atoms with van der Waals surface area (Å²) in [6.07, 6.45) is 11.1. The number of hydrogen-bond acceptors (Lipinski definition) is 1. The molecule has 0 radical (unpaired) electrons. The number of nitrogens with one attached hydrogen (secondary N) is 1. The minimum absolute atomic E-state index is 0.755. The van der Waals surface area contributed by atoms with Gasteiger partial charge in [0.25, 0.3) is 0 Å². The van der Waals surface area contributed by atoms with E-state index in [1.54, 1.807) is 0 Å². The third-order valence-electron chi connectivity index (χ3n) is 3.12. The molecule has 1 atom stereocenters. The van der Waals surface area contributed by atoms with E-state index in [0.717, 1.165) is 12.0 Å². The van der Waals surface area contributed by atoms with Crippen molar-refractivity contribution in [1.29, 1.82) is 0 Å². The Morgan fingerprint density at radius 1 is 1.31 bits per heavy atom. The molecule has 0 saturated carbocycles. The van der Waals surface area contributed by atoms with Gasteiger partial charge in [0.05, 0.1) is 0 Å². The highest BCUT2D eigenvalue weighted by Crippen LogP contribution is 2.12. The van der Waals surface area contributed by atoms with Crippen LogP contribution >= 0.6 is 0 Å². The fourth-order valence-corrected chi connectivity index (χ4v) is 1.89. The molecule has 0 aromatic carbocycles. The maximum absolute atomic E-state index is 3.67. The number of hydrogen-bond donors (Lipinski definition) is 1. The highest BCUT2D eigenvalue weighted by atomic mass is 14.9. The Bertz CT molecular complexity index is 147. The third-order valence-corrected chi connectivity index (χ3v) is 3.12. The van der Waals surface area contributed by atoms with Crippen molar-refractivity contribution in [3.8, 4) is 0 Å². The summed E-state index contributed by atoms with van der Waals surface area (Å²) in [5.74, 6) is 0.880. The minimum atomic E-state index is 0.755. The molecule has 13 heavy (non-hydrogen) atoms. The Kier molecular flexibility index (Phi) is 5.14. The van der Waals surface area contributed by atoms with E-state index >= 15 is 0 Å². The summed E-state index contributed by atoms with van der Waals surface area (Å²) >= 11 is 0. The molecule has 1 nitrogen and oxygen atoms in total. The highest BCUT2D eigenvalue weighted by molar-refractivity contribution is 4.92. The van der Waals surface area contributed by atoms with Crippen LogP contribution in [0.3, 0.4) is 0 Å². The largest absolute Gasteiger partial charge is 0.313 e. The molecule has 0 amide bonds. The van der Waals surface area contributed by atoms with Crippen LogP contribution in [0.4, 0.5) is 0 Å². The van der Waals surface area contributed by atoms with Gasteiger partial charge >= 0.3 is 0 Å². The monoisotopic (exact) mass is 181 g/mol. The maximum atomic E-state index is 3.67. The summed E-state index contributed by atoms with van der Waals surface area (Å²) in [5, 5.41) is 3.67. The van der Waals surface area contributed by atoms with Crippen LogP contribution in [0.25, 0.3) is 0 Å². The molecule has 1 aliphatic rings. The first kappa shape index (κ1) is 10.8. The van der Waals surface area contributed by atoms with Crippen molar-refractivity contribution >= 4 is 0 Å². The zero-order valence-corrected chi connectivity index (χ0v) is 9.05. The molecule has 1 heteroatoms. The van der Waals surface area contributed by atoms with Gasteiger partial charge in [-0.15, -0.1) is 0 Å². The lowest BCUT2D eigenvalue weighted by Gasteiger charge is -2.22. The number of allylic oxidation sites excluding steroid dienone is 1. The van der Waals surface area contributed by atoms with Gasteiger partial charge in [-0.2, -0.15) is 0 Å². The van der Waals surface area contributed by atoms with Crippen molar-refractivity contribution in [2.24, 2.45) is 5.92 Å². The molecule has 0 aromatic heterocycles. The van der Waals surface area contributed by atoms with Crippen molar-refractivity contribution in [2.75, 3.05) is 6.54 Å². The summed E-state index contributed by atoms with van der Waals surface area (Å²) in [4.78, 5) is 0. The summed E-state index contributed by atoms with van der Waals surface area (Å²) in [6, 6.07) is 0.755. The Labute approximate surface area is 82.6 Å². The zero-order valence-electron chi connectivity index (χ0n) is 9.05. The van der Waals surface area contributed by atoms with Gasteiger partial charge in [0.1, 0.15) is 0 Å². The first-order valence-electron chi connectivity index (χ1n) is 5.75. The topological polar surface area (TPSA) is 12.0 Å². The predicted octanol–water partition coefficient (Wildman–Crippen LogP) is 3.12. The standard InChI is InChI=1S/C12H23N/c1-3-11(4-2)10-13-12-8-6-5-7-9-12/h5-6,11-13H,3-4,7-10H2,1-2H3. The Hall–Kier alpha value is -0.300. The second-order valence-electron chi connectivity index (χ2n) is 4.07. The van der Waals surface area contributed by atoms with Crippen LogP contribution in [0, 0.1) is 5.92 Å². The maximum Gasteiger partial charge on any atom is 0.0105 e. The van der Waals surface area contributed by atoms with Gasteiger partial charge in [-0.05, 0) is 31.7 Å². The van der Waals surface area contributed by atoms with Gasteiger partial charge in [0, 0.05) is 6.04 Å². The van der Waals surface area contributed by atoms with Crippen LogP contribution < -0.4 is 5.32 Å². The minimum Gasteiger partial charge on any atom is -0.313 e. The van der Waals surface area contributed by atoms with E-state index in [0.29, 0.717) is 0 Å². The van der Waals surface area contributed by atoms with E-state index in [9.17, 15) is 0 Å². The van der Waals surface area contributed by atoms with Gasteiger partial charge in [0.15, 0.2) is 0 Å². The fourth-order valence-electron chi connectivity index (χ4n) is 1.89. The quantitative estimate of drug-likeness (QED) is 0.643. The molecule has 1 aliphatic carbocycles. The lowest BCUT2D eigenvalue weighted by Crippen LogP contribution is -2.33. The van der Waals surface area contributed by atoms with Crippen LogP contribution in [0.5, 0.6) is 0 Å². The Morgan fingerprint density at radius 3 is 2.62 bits per heavy atom. The molecule has 0 bridgehead atoms. The Morgan fingerprint density at radius 2 is 2.08 bits per heavy atom. The molecular weight excluding hydrogens is 158 g/mol.